The molecule has 0 spiro atoms. The molecule has 158 valence electrons. The Morgan fingerprint density at radius 1 is 1.27 bits per heavy atom. The minimum atomic E-state index is -0.622. The molecule has 0 saturated carbocycles. The molecule has 1 atom stereocenters. The van der Waals surface area contributed by atoms with Gasteiger partial charge in [0.1, 0.15) is 19.1 Å². The molecule has 2 bridgehead atoms. The number of quaternary nitrogens is 1. The summed E-state index contributed by atoms with van der Waals surface area (Å²) in [6.45, 7) is 4.04. The number of fused-ring (bicyclic) bond motifs is 3. The van der Waals surface area contributed by atoms with E-state index in [4.69, 9.17) is 28.8 Å². The SMILES string of the molecule is NC(=N[C@@H]1C[N+]2(Cc3cccnc3)CCC1CC2)NC(=O)c1nc(Cl)c(N)nc1N. The number of nitrogens with one attached hydrogen (secondary N) is 1. The van der Waals surface area contributed by atoms with E-state index in [-0.39, 0.29) is 34.5 Å². The fourth-order valence-electron chi connectivity index (χ4n) is 4.49. The molecule has 3 aliphatic heterocycles. The first-order valence-corrected chi connectivity index (χ1v) is 10.2. The molecule has 2 aromatic rings. The van der Waals surface area contributed by atoms with Crippen molar-refractivity contribution in [2.24, 2.45) is 16.6 Å². The molecule has 1 amide bonds. The number of nitrogen functional groups attached to an aromatic ring is 2. The normalized spacial score (nSPS) is 25.8. The molecule has 0 aromatic carbocycles. The molecule has 0 radical (unpaired) electrons. The first-order chi connectivity index (χ1) is 14.3. The summed E-state index contributed by atoms with van der Waals surface area (Å²) >= 11 is 5.84. The summed E-state index contributed by atoms with van der Waals surface area (Å²) in [6, 6.07) is 4.12. The zero-order valence-electron chi connectivity index (χ0n) is 16.5. The van der Waals surface area contributed by atoms with E-state index in [1.54, 1.807) is 6.20 Å². The first kappa shape index (κ1) is 20.3. The maximum atomic E-state index is 12.5. The van der Waals surface area contributed by atoms with E-state index >= 15 is 0 Å². The van der Waals surface area contributed by atoms with Crippen LogP contribution < -0.4 is 22.5 Å². The minimum Gasteiger partial charge on any atom is -0.382 e. The van der Waals surface area contributed by atoms with Crippen molar-refractivity contribution in [2.45, 2.75) is 25.4 Å². The van der Waals surface area contributed by atoms with Crippen LogP contribution in [0.15, 0.2) is 29.5 Å². The van der Waals surface area contributed by atoms with Gasteiger partial charge in [0.15, 0.2) is 28.4 Å². The van der Waals surface area contributed by atoms with E-state index < -0.39 is 5.91 Å². The quantitative estimate of drug-likeness (QED) is 0.313. The summed E-state index contributed by atoms with van der Waals surface area (Å²) in [6.07, 6.45) is 5.88. The lowest BCUT2D eigenvalue weighted by molar-refractivity contribution is -0.955. The smallest absolute Gasteiger partial charge is 0.280 e. The Hall–Kier alpha value is -2.98. The van der Waals surface area contributed by atoms with E-state index in [1.807, 2.05) is 12.3 Å². The second kappa shape index (κ2) is 8.04. The van der Waals surface area contributed by atoms with Crippen molar-refractivity contribution in [3.63, 3.8) is 0 Å². The number of anilines is 2. The number of aromatic nitrogens is 3. The third-order valence-corrected chi connectivity index (χ3v) is 6.25. The molecule has 3 fully saturated rings. The fraction of sp³-hybridized carbons (Fsp3) is 0.421. The van der Waals surface area contributed by atoms with Gasteiger partial charge in [-0.1, -0.05) is 17.7 Å². The van der Waals surface area contributed by atoms with Gasteiger partial charge in [-0.05, 0) is 12.0 Å². The van der Waals surface area contributed by atoms with E-state index in [1.165, 1.54) is 5.56 Å². The zero-order valence-corrected chi connectivity index (χ0v) is 17.2. The van der Waals surface area contributed by atoms with Gasteiger partial charge in [-0.3, -0.25) is 15.1 Å². The zero-order chi connectivity index (χ0) is 21.3. The number of pyridine rings is 1. The van der Waals surface area contributed by atoms with Crippen LogP contribution in [0, 0.1) is 5.92 Å². The highest BCUT2D eigenvalue weighted by Gasteiger charge is 2.46. The Labute approximate surface area is 179 Å². The number of nitrogens with two attached hydrogens (primary N) is 3. The summed E-state index contributed by atoms with van der Waals surface area (Å²) in [5, 5.41) is 2.45. The number of amides is 1. The van der Waals surface area contributed by atoms with Crippen LogP contribution in [-0.4, -0.2) is 57.0 Å². The van der Waals surface area contributed by atoms with Gasteiger partial charge in [-0.15, -0.1) is 0 Å². The van der Waals surface area contributed by atoms with Crippen molar-refractivity contribution in [3.8, 4) is 0 Å². The molecule has 3 aliphatic rings. The van der Waals surface area contributed by atoms with E-state index in [9.17, 15) is 4.79 Å². The van der Waals surface area contributed by atoms with Crippen molar-refractivity contribution in [2.75, 3.05) is 31.1 Å². The molecular formula is C19H25ClN9O+. The standard InChI is InChI=1S/C19H24ClN9O/c20-15-17(22)27-16(21)14(26-15)18(30)28-19(23)25-13-10-29(6-3-12(13)4-7-29)9-11-2-1-5-24-8-11/h1-2,5,8,12-13H,3-4,6-7,9-10H2,(H6-,21,22,23,25,27,28,30)/p+1/t12?,13-,29?/m1/s1. The highest BCUT2D eigenvalue weighted by atomic mass is 35.5. The lowest BCUT2D eigenvalue weighted by atomic mass is 9.81. The van der Waals surface area contributed by atoms with Crippen molar-refractivity contribution < 1.29 is 9.28 Å². The number of carbonyl (C=O) groups excluding carboxylic acids is 1. The highest BCUT2D eigenvalue weighted by molar-refractivity contribution is 6.31. The van der Waals surface area contributed by atoms with Gasteiger partial charge in [0.2, 0.25) is 0 Å². The third kappa shape index (κ3) is 4.14. The first-order valence-electron chi connectivity index (χ1n) is 9.82. The topological polar surface area (TPSA) is 158 Å². The molecule has 5 rings (SSSR count). The van der Waals surface area contributed by atoms with Crippen molar-refractivity contribution in [1.82, 2.24) is 20.3 Å². The predicted molar refractivity (Wildman–Crippen MR) is 114 cm³/mol. The Morgan fingerprint density at radius 3 is 2.73 bits per heavy atom. The Balaban J connectivity index is 1.46. The summed E-state index contributed by atoms with van der Waals surface area (Å²) in [5.41, 5.74) is 18.4. The number of halogens is 1. The van der Waals surface area contributed by atoms with Gasteiger partial charge in [-0.2, -0.15) is 0 Å². The van der Waals surface area contributed by atoms with Crippen LogP contribution in [0.3, 0.4) is 0 Å². The number of piperidine rings is 3. The van der Waals surface area contributed by atoms with E-state index in [2.05, 4.69) is 31.3 Å². The van der Waals surface area contributed by atoms with Crippen LogP contribution in [0.25, 0.3) is 0 Å². The molecule has 11 heteroatoms. The van der Waals surface area contributed by atoms with Crippen molar-refractivity contribution >= 4 is 35.1 Å². The Morgan fingerprint density at radius 2 is 2.03 bits per heavy atom. The van der Waals surface area contributed by atoms with Gasteiger partial charge >= 0.3 is 0 Å². The van der Waals surface area contributed by atoms with Crippen LogP contribution in [-0.2, 0) is 6.54 Å². The van der Waals surface area contributed by atoms with Crippen molar-refractivity contribution in [1.29, 1.82) is 0 Å². The molecule has 10 nitrogen and oxygen atoms in total. The average molecular weight is 431 g/mol. The summed E-state index contributed by atoms with van der Waals surface area (Å²) in [4.78, 5) is 29.0. The number of aliphatic imine (C=N–C) groups is 1. The fourth-order valence-corrected chi connectivity index (χ4v) is 4.62. The van der Waals surface area contributed by atoms with Gasteiger partial charge in [0.05, 0.1) is 13.1 Å². The lowest BCUT2D eigenvalue weighted by Gasteiger charge is -2.51. The monoisotopic (exact) mass is 430 g/mol. The molecule has 7 N–H and O–H groups in total. The molecule has 30 heavy (non-hydrogen) atoms. The lowest BCUT2D eigenvalue weighted by Crippen LogP contribution is -2.63. The summed E-state index contributed by atoms with van der Waals surface area (Å²) < 4.78 is 0.962. The maximum absolute atomic E-state index is 12.5. The number of hydrogen-bond acceptors (Lipinski definition) is 7. The number of guanidine groups is 1. The van der Waals surface area contributed by atoms with Gasteiger partial charge in [0, 0.05) is 30.8 Å². The number of rotatable bonds is 4. The summed E-state index contributed by atoms with van der Waals surface area (Å²) in [7, 11) is 0. The molecule has 0 unspecified atom stereocenters. The van der Waals surface area contributed by atoms with Crippen molar-refractivity contribution in [3.05, 3.63) is 40.9 Å². The Bertz CT molecular complexity index is 973. The summed E-state index contributed by atoms with van der Waals surface area (Å²) in [5.74, 6) is -0.283. The number of carbonyl (C=O) groups is 1. The van der Waals surface area contributed by atoms with Gasteiger partial charge in [-0.25, -0.2) is 15.0 Å². The predicted octanol–water partition coefficient (Wildman–Crippen LogP) is 0.543. The highest BCUT2D eigenvalue weighted by Crippen LogP contribution is 2.37. The van der Waals surface area contributed by atoms with E-state index in [0.717, 1.165) is 43.5 Å². The molecule has 5 heterocycles. The largest absolute Gasteiger partial charge is 0.382 e. The maximum Gasteiger partial charge on any atom is 0.280 e. The third-order valence-electron chi connectivity index (χ3n) is 5.97. The van der Waals surface area contributed by atoms with Crippen LogP contribution in [0.1, 0.15) is 28.9 Å². The molecular weight excluding hydrogens is 406 g/mol. The second-order valence-electron chi connectivity index (χ2n) is 8.00. The second-order valence-corrected chi connectivity index (χ2v) is 8.36. The average Bonchev–Trinajstić information content (AvgIpc) is 2.71. The Kier molecular flexibility index (Phi) is 5.44. The number of hydrogen-bond donors (Lipinski definition) is 4. The van der Waals surface area contributed by atoms with Crippen LogP contribution in [0.2, 0.25) is 5.15 Å². The van der Waals surface area contributed by atoms with Gasteiger partial charge < -0.3 is 21.7 Å². The van der Waals surface area contributed by atoms with Crippen LogP contribution in [0.5, 0.6) is 0 Å². The molecule has 0 aliphatic carbocycles. The minimum absolute atomic E-state index is 0.0347. The number of nitrogens with zero attached hydrogens (tertiary/aromatic N) is 5. The van der Waals surface area contributed by atoms with Crippen LogP contribution in [0.4, 0.5) is 11.6 Å². The molecule has 2 aromatic heterocycles. The van der Waals surface area contributed by atoms with Gasteiger partial charge in [0.25, 0.3) is 5.91 Å². The van der Waals surface area contributed by atoms with E-state index in [0.29, 0.717) is 5.92 Å². The molecule has 3 saturated heterocycles. The van der Waals surface area contributed by atoms with Crippen LogP contribution >= 0.6 is 11.6 Å².